The Morgan fingerprint density at radius 1 is 1.44 bits per heavy atom. The van der Waals surface area contributed by atoms with Gasteiger partial charge in [-0.05, 0) is 25.2 Å². The highest BCUT2D eigenvalue weighted by molar-refractivity contribution is 5.75. The third-order valence-electron chi connectivity index (χ3n) is 4.18. The molecular formula is C12H23N3O. The fourth-order valence-corrected chi connectivity index (χ4v) is 3.12. The van der Waals surface area contributed by atoms with Gasteiger partial charge in [-0.15, -0.1) is 0 Å². The molecule has 0 aromatic heterocycles. The van der Waals surface area contributed by atoms with Gasteiger partial charge >= 0.3 is 6.03 Å². The van der Waals surface area contributed by atoms with E-state index < -0.39 is 0 Å². The predicted octanol–water partition coefficient (Wildman–Crippen LogP) is 0.988. The summed E-state index contributed by atoms with van der Waals surface area (Å²) < 4.78 is 0. The number of carbonyl (C=O) groups is 1. The molecule has 16 heavy (non-hydrogen) atoms. The van der Waals surface area contributed by atoms with Crippen LogP contribution in [0.2, 0.25) is 0 Å². The lowest BCUT2D eigenvalue weighted by Crippen LogP contribution is -2.45. The minimum atomic E-state index is 0.212. The van der Waals surface area contributed by atoms with Crippen molar-refractivity contribution in [2.45, 2.75) is 26.3 Å². The molecule has 4 heteroatoms. The molecule has 0 saturated carbocycles. The molecule has 3 unspecified atom stereocenters. The van der Waals surface area contributed by atoms with E-state index in [9.17, 15) is 4.79 Å². The summed E-state index contributed by atoms with van der Waals surface area (Å²) in [5.41, 5.74) is 0. The van der Waals surface area contributed by atoms with Crippen LogP contribution in [0.5, 0.6) is 0 Å². The molecule has 0 bridgehead atoms. The molecule has 2 fully saturated rings. The van der Waals surface area contributed by atoms with Crippen molar-refractivity contribution in [2.24, 2.45) is 11.8 Å². The second-order valence-electron chi connectivity index (χ2n) is 5.01. The van der Waals surface area contributed by atoms with Crippen molar-refractivity contribution in [3.63, 3.8) is 0 Å². The van der Waals surface area contributed by atoms with E-state index in [1.54, 1.807) is 0 Å². The van der Waals surface area contributed by atoms with Gasteiger partial charge in [-0.25, -0.2) is 4.79 Å². The standard InChI is InChI=1S/C12H23N3O/c1-4-11-10-7-13-6-9(10)8-15(11)12(16)14(3)5-2/h9-11,13H,4-8H2,1-3H3. The third-order valence-corrected chi connectivity index (χ3v) is 4.18. The molecule has 3 atom stereocenters. The van der Waals surface area contributed by atoms with Gasteiger partial charge in [0, 0.05) is 39.3 Å². The number of likely N-dealkylation sites (tertiary alicyclic amines) is 1. The number of hydrogen-bond donors (Lipinski definition) is 1. The monoisotopic (exact) mass is 225 g/mol. The molecule has 4 nitrogen and oxygen atoms in total. The molecule has 2 aliphatic heterocycles. The van der Waals surface area contributed by atoms with Gasteiger partial charge in [0.1, 0.15) is 0 Å². The molecule has 0 aromatic carbocycles. The average Bonchev–Trinajstić information content (AvgIpc) is 2.86. The minimum Gasteiger partial charge on any atom is -0.328 e. The Labute approximate surface area is 98.0 Å². The second kappa shape index (κ2) is 4.62. The Bertz CT molecular complexity index is 269. The lowest BCUT2D eigenvalue weighted by atomic mass is 9.93. The number of urea groups is 1. The van der Waals surface area contributed by atoms with Crippen LogP contribution in [-0.2, 0) is 0 Å². The van der Waals surface area contributed by atoms with E-state index in [-0.39, 0.29) is 6.03 Å². The predicted molar refractivity (Wildman–Crippen MR) is 64.3 cm³/mol. The summed E-state index contributed by atoms with van der Waals surface area (Å²) >= 11 is 0. The van der Waals surface area contributed by atoms with Crippen LogP contribution in [-0.4, -0.2) is 55.1 Å². The average molecular weight is 225 g/mol. The molecule has 0 aliphatic carbocycles. The second-order valence-corrected chi connectivity index (χ2v) is 5.01. The van der Waals surface area contributed by atoms with Crippen LogP contribution in [0.3, 0.4) is 0 Å². The SMILES string of the molecule is CCC1C2CNCC2CN1C(=O)N(C)CC. The number of amides is 2. The summed E-state index contributed by atoms with van der Waals surface area (Å²) in [5.74, 6) is 1.36. The van der Waals surface area contributed by atoms with E-state index in [4.69, 9.17) is 0 Å². The highest BCUT2D eigenvalue weighted by atomic mass is 16.2. The minimum absolute atomic E-state index is 0.212. The van der Waals surface area contributed by atoms with Gasteiger partial charge in [-0.1, -0.05) is 6.92 Å². The van der Waals surface area contributed by atoms with E-state index in [0.717, 1.165) is 32.6 Å². The van der Waals surface area contributed by atoms with Crippen LogP contribution < -0.4 is 5.32 Å². The summed E-state index contributed by atoms with van der Waals surface area (Å²) in [6.07, 6.45) is 1.08. The molecule has 0 radical (unpaired) electrons. The van der Waals surface area contributed by atoms with Crippen molar-refractivity contribution >= 4 is 6.03 Å². The molecule has 0 aromatic rings. The van der Waals surface area contributed by atoms with Crippen molar-refractivity contribution in [1.82, 2.24) is 15.1 Å². The first-order chi connectivity index (χ1) is 7.69. The Kier molecular flexibility index (Phi) is 3.38. The highest BCUT2D eigenvalue weighted by Crippen LogP contribution is 2.34. The molecule has 2 saturated heterocycles. The van der Waals surface area contributed by atoms with Crippen LogP contribution >= 0.6 is 0 Å². The molecule has 2 rings (SSSR count). The Hall–Kier alpha value is -0.770. The molecular weight excluding hydrogens is 202 g/mol. The molecule has 2 aliphatic rings. The number of nitrogens with one attached hydrogen (secondary N) is 1. The van der Waals surface area contributed by atoms with Crippen LogP contribution in [0.4, 0.5) is 4.79 Å². The number of rotatable bonds is 2. The number of fused-ring (bicyclic) bond motifs is 1. The van der Waals surface area contributed by atoms with Gasteiger partial charge in [-0.2, -0.15) is 0 Å². The number of nitrogens with zero attached hydrogens (tertiary/aromatic N) is 2. The van der Waals surface area contributed by atoms with Crippen molar-refractivity contribution in [1.29, 1.82) is 0 Å². The number of carbonyl (C=O) groups excluding carboxylic acids is 1. The highest BCUT2D eigenvalue weighted by Gasteiger charge is 2.45. The topological polar surface area (TPSA) is 35.6 Å². The third kappa shape index (κ3) is 1.79. The molecule has 0 spiro atoms. The largest absolute Gasteiger partial charge is 0.328 e. The Balaban J connectivity index is 2.08. The van der Waals surface area contributed by atoms with Crippen molar-refractivity contribution in [2.75, 3.05) is 33.2 Å². The fourth-order valence-electron chi connectivity index (χ4n) is 3.12. The number of hydrogen-bond acceptors (Lipinski definition) is 2. The van der Waals surface area contributed by atoms with Crippen molar-refractivity contribution in [3.05, 3.63) is 0 Å². The Morgan fingerprint density at radius 2 is 2.19 bits per heavy atom. The zero-order valence-corrected chi connectivity index (χ0v) is 10.6. The maximum absolute atomic E-state index is 12.2. The first kappa shape index (κ1) is 11.7. The fraction of sp³-hybridized carbons (Fsp3) is 0.917. The maximum atomic E-state index is 12.2. The molecule has 1 N–H and O–H groups in total. The lowest BCUT2D eigenvalue weighted by molar-refractivity contribution is 0.151. The lowest BCUT2D eigenvalue weighted by Gasteiger charge is -2.30. The molecule has 2 heterocycles. The van der Waals surface area contributed by atoms with E-state index in [1.807, 2.05) is 18.9 Å². The van der Waals surface area contributed by atoms with Gasteiger partial charge in [0.15, 0.2) is 0 Å². The van der Waals surface area contributed by atoms with E-state index in [2.05, 4.69) is 17.1 Å². The quantitative estimate of drug-likeness (QED) is 0.760. The van der Waals surface area contributed by atoms with Crippen molar-refractivity contribution < 1.29 is 4.79 Å². The smallest absolute Gasteiger partial charge is 0.320 e. The van der Waals surface area contributed by atoms with E-state index in [0.29, 0.717) is 17.9 Å². The van der Waals surface area contributed by atoms with E-state index >= 15 is 0 Å². The molecule has 2 amide bonds. The van der Waals surface area contributed by atoms with Crippen molar-refractivity contribution in [3.8, 4) is 0 Å². The van der Waals surface area contributed by atoms with Gasteiger partial charge in [0.05, 0.1) is 0 Å². The van der Waals surface area contributed by atoms with E-state index in [1.165, 1.54) is 0 Å². The summed E-state index contributed by atoms with van der Waals surface area (Å²) in [5, 5.41) is 3.44. The van der Waals surface area contributed by atoms with Gasteiger partial charge in [0.2, 0.25) is 0 Å². The van der Waals surface area contributed by atoms with Crippen LogP contribution in [0.25, 0.3) is 0 Å². The zero-order valence-electron chi connectivity index (χ0n) is 10.6. The first-order valence-corrected chi connectivity index (χ1v) is 6.41. The van der Waals surface area contributed by atoms with Gasteiger partial charge < -0.3 is 15.1 Å². The maximum Gasteiger partial charge on any atom is 0.320 e. The van der Waals surface area contributed by atoms with Crippen LogP contribution in [0, 0.1) is 11.8 Å². The summed E-state index contributed by atoms with van der Waals surface area (Å²) in [4.78, 5) is 16.1. The van der Waals surface area contributed by atoms with Gasteiger partial charge in [-0.3, -0.25) is 0 Å². The first-order valence-electron chi connectivity index (χ1n) is 6.41. The summed E-state index contributed by atoms with van der Waals surface area (Å²) in [6, 6.07) is 0.658. The zero-order chi connectivity index (χ0) is 11.7. The van der Waals surface area contributed by atoms with Crippen LogP contribution in [0.1, 0.15) is 20.3 Å². The summed E-state index contributed by atoms with van der Waals surface area (Å²) in [7, 11) is 1.89. The molecule has 92 valence electrons. The van der Waals surface area contributed by atoms with Gasteiger partial charge in [0.25, 0.3) is 0 Å². The van der Waals surface area contributed by atoms with Crippen LogP contribution in [0.15, 0.2) is 0 Å². The Morgan fingerprint density at radius 3 is 2.81 bits per heavy atom. The summed E-state index contributed by atoms with van der Waals surface area (Å²) in [6.45, 7) is 8.12. The normalized spacial score (nSPS) is 32.9.